The number of anilines is 1. The Hall–Kier alpha value is -1.89. The summed E-state index contributed by atoms with van der Waals surface area (Å²) in [5.74, 6) is 1.05. The second-order valence-electron chi connectivity index (χ2n) is 7.69. The molecule has 1 aromatic rings. The molecule has 0 aromatic carbocycles. The van der Waals surface area contributed by atoms with Gasteiger partial charge in [-0.25, -0.2) is 0 Å². The van der Waals surface area contributed by atoms with Gasteiger partial charge >= 0.3 is 0 Å². The minimum absolute atomic E-state index is 0.0241. The molecule has 0 radical (unpaired) electrons. The maximum atomic E-state index is 12.7. The lowest BCUT2D eigenvalue weighted by Gasteiger charge is -2.30. The van der Waals surface area contributed by atoms with Gasteiger partial charge in [-0.2, -0.15) is 0 Å². The van der Waals surface area contributed by atoms with Crippen LogP contribution >= 0.6 is 0 Å². The van der Waals surface area contributed by atoms with Crippen molar-refractivity contribution in [3.05, 3.63) is 11.8 Å². The average molecular weight is 382 g/mol. The molecule has 154 valence electrons. The number of amides is 2. The van der Waals surface area contributed by atoms with Gasteiger partial charge in [0.15, 0.2) is 5.82 Å². The normalized spacial score (nSPS) is 12.4. The second-order valence-corrected chi connectivity index (χ2v) is 7.69. The third-order valence-corrected chi connectivity index (χ3v) is 4.80. The van der Waals surface area contributed by atoms with Gasteiger partial charge in [0.1, 0.15) is 12.3 Å². The van der Waals surface area contributed by atoms with E-state index in [4.69, 9.17) is 4.52 Å². The molecule has 7 nitrogen and oxygen atoms in total. The molecule has 0 spiro atoms. The predicted octanol–water partition coefficient (Wildman–Crippen LogP) is 1.89. The smallest absolute Gasteiger partial charge is 0.245 e. The van der Waals surface area contributed by atoms with Crippen LogP contribution in [0.4, 0.5) is 5.82 Å². The molecular weight excluding hydrogens is 344 g/mol. The third-order valence-electron chi connectivity index (χ3n) is 4.80. The number of quaternary nitrogens is 1. The first kappa shape index (κ1) is 23.1. The Morgan fingerprint density at radius 3 is 2.44 bits per heavy atom. The van der Waals surface area contributed by atoms with Gasteiger partial charge in [0.05, 0.1) is 19.6 Å². The van der Waals surface area contributed by atoms with Gasteiger partial charge in [-0.1, -0.05) is 19.0 Å². The third kappa shape index (κ3) is 8.56. The molecular formula is C20H37N4O3+. The van der Waals surface area contributed by atoms with Gasteiger partial charge in [-0.05, 0) is 46.5 Å². The fourth-order valence-electron chi connectivity index (χ4n) is 3.13. The monoisotopic (exact) mass is 381 g/mol. The lowest BCUT2D eigenvalue weighted by atomic mass is 10.1. The van der Waals surface area contributed by atoms with Gasteiger partial charge in [-0.15, -0.1) is 0 Å². The van der Waals surface area contributed by atoms with Crippen LogP contribution in [0.15, 0.2) is 10.6 Å². The first-order chi connectivity index (χ1) is 12.8. The predicted molar refractivity (Wildman–Crippen MR) is 107 cm³/mol. The lowest BCUT2D eigenvalue weighted by molar-refractivity contribution is -0.896. The van der Waals surface area contributed by atoms with Crippen LogP contribution in [-0.2, 0) is 9.59 Å². The fraction of sp³-hybridized carbons (Fsp3) is 0.750. The van der Waals surface area contributed by atoms with Crippen LogP contribution in [-0.4, -0.2) is 54.1 Å². The highest BCUT2D eigenvalue weighted by atomic mass is 16.5. The maximum absolute atomic E-state index is 12.7. The second kappa shape index (κ2) is 11.7. The molecule has 2 N–H and O–H groups in total. The Bertz CT molecular complexity index is 582. The summed E-state index contributed by atoms with van der Waals surface area (Å²) < 4.78 is 4.97. The van der Waals surface area contributed by atoms with Gasteiger partial charge in [0.25, 0.3) is 0 Å². The van der Waals surface area contributed by atoms with E-state index < -0.39 is 0 Å². The molecule has 1 atom stereocenters. The molecule has 0 saturated heterocycles. The molecule has 1 rings (SSSR count). The molecule has 0 fully saturated rings. The van der Waals surface area contributed by atoms with Gasteiger partial charge in [0.2, 0.25) is 11.8 Å². The Morgan fingerprint density at radius 2 is 1.93 bits per heavy atom. The van der Waals surface area contributed by atoms with E-state index in [-0.39, 0.29) is 30.3 Å². The van der Waals surface area contributed by atoms with Crippen molar-refractivity contribution in [1.82, 2.24) is 10.1 Å². The van der Waals surface area contributed by atoms with Crippen LogP contribution in [0.25, 0.3) is 0 Å². The average Bonchev–Trinajstić information content (AvgIpc) is 3.00. The fourth-order valence-corrected chi connectivity index (χ4v) is 3.13. The molecule has 7 heteroatoms. The molecule has 1 heterocycles. The summed E-state index contributed by atoms with van der Waals surface area (Å²) in [4.78, 5) is 28.4. The number of hydrogen-bond acceptors (Lipinski definition) is 4. The largest absolute Gasteiger partial charge is 0.360 e. The maximum Gasteiger partial charge on any atom is 0.245 e. The highest BCUT2D eigenvalue weighted by molar-refractivity contribution is 5.93. The Kier molecular flexibility index (Phi) is 10.1. The summed E-state index contributed by atoms with van der Waals surface area (Å²) in [5.41, 5.74) is 0. The summed E-state index contributed by atoms with van der Waals surface area (Å²) in [6, 6.07) is 1.69. The van der Waals surface area contributed by atoms with E-state index in [1.54, 1.807) is 22.8 Å². The molecule has 2 amide bonds. The quantitative estimate of drug-likeness (QED) is 0.579. The van der Waals surface area contributed by atoms with Crippen LogP contribution in [0.5, 0.6) is 0 Å². The highest BCUT2D eigenvalue weighted by Crippen LogP contribution is 2.13. The first-order valence-corrected chi connectivity index (χ1v) is 10.1. The number of nitrogens with zero attached hydrogens (tertiary/aromatic N) is 2. The van der Waals surface area contributed by atoms with Crippen LogP contribution < -0.4 is 10.2 Å². The lowest BCUT2D eigenvalue weighted by Crippen LogP contribution is -3.11. The van der Waals surface area contributed by atoms with Crippen molar-refractivity contribution in [2.45, 2.75) is 66.8 Å². The standard InChI is InChI=1S/C20H36N4O3/c1-7-23(8-2)11-9-10-16(5)24(20(26)12-15(3)4)14-19(25)21-18-13-17(6)27-22-18/h13,15-16H,7-12,14H2,1-6H3,(H,21,22,25)/p+1/t16-/m0/s1. The van der Waals surface area contributed by atoms with Crippen molar-refractivity contribution < 1.29 is 19.0 Å². The molecule has 1 aromatic heterocycles. The van der Waals surface area contributed by atoms with Gasteiger partial charge < -0.3 is 19.6 Å². The van der Waals surface area contributed by atoms with E-state index in [1.165, 1.54) is 0 Å². The van der Waals surface area contributed by atoms with Gasteiger partial charge in [0, 0.05) is 18.5 Å². The van der Waals surface area contributed by atoms with E-state index >= 15 is 0 Å². The summed E-state index contributed by atoms with van der Waals surface area (Å²) in [6.45, 7) is 15.6. The summed E-state index contributed by atoms with van der Waals surface area (Å²) in [7, 11) is 0. The van der Waals surface area contributed by atoms with Crippen molar-refractivity contribution in [3.63, 3.8) is 0 Å². The van der Waals surface area contributed by atoms with Gasteiger partial charge in [-0.3, -0.25) is 9.59 Å². The van der Waals surface area contributed by atoms with Crippen molar-refractivity contribution in [1.29, 1.82) is 0 Å². The van der Waals surface area contributed by atoms with Crippen molar-refractivity contribution in [2.75, 3.05) is 31.5 Å². The van der Waals surface area contributed by atoms with E-state index in [2.05, 4.69) is 24.3 Å². The molecule has 0 aliphatic carbocycles. The summed E-state index contributed by atoms with van der Waals surface area (Å²) in [6.07, 6.45) is 2.37. The number of aromatic nitrogens is 1. The number of aryl methyl sites for hydroxylation is 1. The molecule has 0 unspecified atom stereocenters. The zero-order valence-corrected chi connectivity index (χ0v) is 17.8. The Morgan fingerprint density at radius 1 is 1.26 bits per heavy atom. The van der Waals surface area contributed by atoms with Crippen LogP contribution in [0.2, 0.25) is 0 Å². The number of carbonyl (C=O) groups excluding carboxylic acids is 2. The van der Waals surface area contributed by atoms with Crippen molar-refractivity contribution in [2.24, 2.45) is 5.92 Å². The number of nitrogens with one attached hydrogen (secondary N) is 2. The van der Waals surface area contributed by atoms with E-state index in [1.807, 2.05) is 20.8 Å². The zero-order chi connectivity index (χ0) is 20.4. The van der Waals surface area contributed by atoms with E-state index in [0.29, 0.717) is 18.0 Å². The zero-order valence-electron chi connectivity index (χ0n) is 17.8. The summed E-state index contributed by atoms with van der Waals surface area (Å²) >= 11 is 0. The van der Waals surface area contributed by atoms with Crippen LogP contribution in [0.3, 0.4) is 0 Å². The summed E-state index contributed by atoms with van der Waals surface area (Å²) in [5, 5.41) is 6.48. The minimum Gasteiger partial charge on any atom is -0.360 e. The molecule has 0 aliphatic heterocycles. The first-order valence-electron chi connectivity index (χ1n) is 10.1. The molecule has 0 aliphatic rings. The van der Waals surface area contributed by atoms with Crippen molar-refractivity contribution in [3.8, 4) is 0 Å². The van der Waals surface area contributed by atoms with E-state index in [9.17, 15) is 9.59 Å². The van der Waals surface area contributed by atoms with Crippen LogP contribution in [0.1, 0.15) is 59.6 Å². The highest BCUT2D eigenvalue weighted by Gasteiger charge is 2.24. The minimum atomic E-state index is -0.248. The molecule has 27 heavy (non-hydrogen) atoms. The molecule has 0 bridgehead atoms. The SMILES string of the molecule is CC[NH+](CC)CCC[C@H](C)N(CC(=O)Nc1cc(C)on1)C(=O)CC(C)C. The number of hydrogen-bond donors (Lipinski definition) is 2. The number of rotatable bonds is 12. The topological polar surface area (TPSA) is 79.9 Å². The molecule has 0 saturated carbocycles. The Labute approximate surface area is 163 Å². The van der Waals surface area contributed by atoms with Crippen molar-refractivity contribution >= 4 is 17.6 Å². The van der Waals surface area contributed by atoms with E-state index in [0.717, 1.165) is 32.5 Å². The van der Waals surface area contributed by atoms with Crippen LogP contribution in [0, 0.1) is 12.8 Å². The number of carbonyl (C=O) groups is 2. The Balaban J connectivity index is 2.67.